The molecule has 2 atom stereocenters. The Labute approximate surface area is 102 Å². The highest BCUT2D eigenvalue weighted by molar-refractivity contribution is 9.12. The fourth-order valence-electron chi connectivity index (χ4n) is 2.25. The second-order valence-electron chi connectivity index (χ2n) is 4.03. The lowest BCUT2D eigenvalue weighted by atomic mass is 10.1. The van der Waals surface area contributed by atoms with Crippen LogP contribution in [0.4, 0.5) is 0 Å². The molecule has 5 heteroatoms. The van der Waals surface area contributed by atoms with Gasteiger partial charge in [-0.05, 0) is 22.0 Å². The lowest BCUT2D eigenvalue weighted by Gasteiger charge is -2.36. The Morgan fingerprint density at radius 1 is 1.25 bits per heavy atom. The molecule has 1 fully saturated rings. The maximum absolute atomic E-state index is 11.9. The summed E-state index contributed by atoms with van der Waals surface area (Å²) in [7, 11) is 0. The topological polar surface area (TPSA) is 38.8 Å². The van der Waals surface area contributed by atoms with E-state index < -0.39 is 0 Å². The van der Waals surface area contributed by atoms with Crippen LogP contribution >= 0.6 is 15.9 Å². The average Bonchev–Trinajstić information content (AvgIpc) is 2.74. The van der Waals surface area contributed by atoms with Gasteiger partial charge >= 0.3 is 0 Å². The van der Waals surface area contributed by atoms with Crippen LogP contribution in [0.2, 0.25) is 0 Å². The van der Waals surface area contributed by atoms with Gasteiger partial charge in [-0.1, -0.05) is 6.08 Å². The number of halogens is 1. The maximum Gasteiger partial charge on any atom is 0.204 e. The molecule has 16 heavy (non-hydrogen) atoms. The molecule has 0 spiro atoms. The standard InChI is InChI=1S/C11H12BrNO3/c12-9-10(13-3-5-15-6-4-13)7-1-2-8(16-7)11(9)14/h1-2,7-8H,3-6H2/t7-,8+/m1/s1. The number of rotatable bonds is 1. The van der Waals surface area contributed by atoms with Crippen LogP contribution in [0.3, 0.4) is 0 Å². The zero-order valence-corrected chi connectivity index (χ0v) is 10.3. The van der Waals surface area contributed by atoms with Crippen LogP contribution in [0.5, 0.6) is 0 Å². The number of Topliss-reactive ketones (excluding diaryl/α,β-unsaturated/α-hetero) is 1. The summed E-state index contributed by atoms with van der Waals surface area (Å²) >= 11 is 3.40. The van der Waals surface area contributed by atoms with E-state index in [0.29, 0.717) is 17.7 Å². The van der Waals surface area contributed by atoms with Crippen molar-refractivity contribution in [1.29, 1.82) is 0 Å². The number of ketones is 1. The first-order valence-corrected chi connectivity index (χ1v) is 6.17. The van der Waals surface area contributed by atoms with Gasteiger partial charge in [0.15, 0.2) is 0 Å². The summed E-state index contributed by atoms with van der Waals surface area (Å²) in [4.78, 5) is 14.1. The molecule has 86 valence electrons. The summed E-state index contributed by atoms with van der Waals surface area (Å²) in [6.45, 7) is 3.04. The molecule has 0 amide bonds. The minimum atomic E-state index is -0.385. The Morgan fingerprint density at radius 3 is 2.69 bits per heavy atom. The molecule has 0 aromatic heterocycles. The molecule has 0 unspecified atom stereocenters. The molecular weight excluding hydrogens is 274 g/mol. The number of nitrogens with zero attached hydrogens (tertiary/aromatic N) is 1. The zero-order valence-electron chi connectivity index (χ0n) is 8.69. The highest BCUT2D eigenvalue weighted by atomic mass is 79.9. The average molecular weight is 286 g/mol. The first-order valence-electron chi connectivity index (χ1n) is 5.38. The van der Waals surface area contributed by atoms with Crippen molar-refractivity contribution in [2.45, 2.75) is 12.2 Å². The first-order chi connectivity index (χ1) is 7.77. The van der Waals surface area contributed by atoms with Crippen LogP contribution in [0.15, 0.2) is 22.3 Å². The van der Waals surface area contributed by atoms with E-state index in [9.17, 15) is 4.79 Å². The third kappa shape index (κ3) is 1.54. The lowest BCUT2D eigenvalue weighted by Crippen LogP contribution is -2.43. The van der Waals surface area contributed by atoms with Gasteiger partial charge in [0, 0.05) is 13.1 Å². The molecular formula is C11H12BrNO3. The van der Waals surface area contributed by atoms with Gasteiger partial charge in [-0.25, -0.2) is 0 Å². The smallest absolute Gasteiger partial charge is 0.204 e. The Balaban J connectivity index is 1.94. The molecule has 2 bridgehead atoms. The SMILES string of the molecule is O=C1C(Br)=C(N2CCOCC2)[C@H]2C=C[C@@H]1O2. The summed E-state index contributed by atoms with van der Waals surface area (Å²) in [5.41, 5.74) is 0.957. The van der Waals surface area contributed by atoms with Gasteiger partial charge in [0.25, 0.3) is 0 Å². The van der Waals surface area contributed by atoms with Crippen molar-refractivity contribution in [2.24, 2.45) is 0 Å². The van der Waals surface area contributed by atoms with Crippen LogP contribution in [0.1, 0.15) is 0 Å². The van der Waals surface area contributed by atoms with Crippen LogP contribution in [-0.2, 0) is 14.3 Å². The Bertz CT molecular complexity index is 385. The summed E-state index contributed by atoms with van der Waals surface area (Å²) in [5.74, 6) is 0.0199. The Kier molecular flexibility index (Phi) is 2.61. The number of ether oxygens (including phenoxy) is 2. The second-order valence-corrected chi connectivity index (χ2v) is 4.82. The summed E-state index contributed by atoms with van der Waals surface area (Å²) in [6.07, 6.45) is 3.34. The normalized spacial score (nSPS) is 33.8. The quantitative estimate of drug-likeness (QED) is 0.669. The van der Waals surface area contributed by atoms with E-state index in [-0.39, 0.29) is 18.0 Å². The molecule has 3 heterocycles. The molecule has 3 aliphatic rings. The van der Waals surface area contributed by atoms with E-state index in [4.69, 9.17) is 9.47 Å². The van der Waals surface area contributed by atoms with Crippen LogP contribution in [0.25, 0.3) is 0 Å². The van der Waals surface area contributed by atoms with Crippen molar-refractivity contribution in [3.05, 3.63) is 22.3 Å². The zero-order chi connectivity index (χ0) is 11.1. The summed E-state index contributed by atoms with van der Waals surface area (Å²) < 4.78 is 11.6. The van der Waals surface area contributed by atoms with Gasteiger partial charge in [-0.15, -0.1) is 0 Å². The highest BCUT2D eigenvalue weighted by Crippen LogP contribution is 2.34. The first kappa shape index (κ1) is 10.5. The monoisotopic (exact) mass is 285 g/mol. The molecule has 0 radical (unpaired) electrons. The maximum atomic E-state index is 11.9. The molecule has 4 nitrogen and oxygen atoms in total. The van der Waals surface area contributed by atoms with E-state index in [1.54, 1.807) is 0 Å². The minimum Gasteiger partial charge on any atom is -0.378 e. The number of hydrogen-bond acceptors (Lipinski definition) is 4. The lowest BCUT2D eigenvalue weighted by molar-refractivity contribution is -0.125. The molecule has 0 saturated carbocycles. The van der Waals surface area contributed by atoms with Gasteiger partial charge in [0.1, 0.15) is 12.2 Å². The van der Waals surface area contributed by atoms with Gasteiger partial charge in [0.2, 0.25) is 5.78 Å². The molecule has 0 N–H and O–H groups in total. The number of carbonyl (C=O) groups is 1. The molecule has 3 rings (SSSR count). The predicted molar refractivity (Wildman–Crippen MR) is 61.2 cm³/mol. The van der Waals surface area contributed by atoms with Gasteiger partial charge in [-0.3, -0.25) is 4.79 Å². The second kappa shape index (κ2) is 3.98. The number of morpholine rings is 1. The fraction of sp³-hybridized carbons (Fsp3) is 0.545. The molecule has 3 aliphatic heterocycles. The molecule has 0 aromatic carbocycles. The van der Waals surface area contributed by atoms with Gasteiger partial charge in [0.05, 0.1) is 23.4 Å². The van der Waals surface area contributed by atoms with E-state index in [0.717, 1.165) is 18.8 Å². The van der Waals surface area contributed by atoms with E-state index >= 15 is 0 Å². The summed E-state index contributed by atoms with van der Waals surface area (Å²) in [5, 5.41) is 0. The van der Waals surface area contributed by atoms with Crippen molar-refractivity contribution in [3.63, 3.8) is 0 Å². The molecule has 1 saturated heterocycles. The van der Waals surface area contributed by atoms with Crippen molar-refractivity contribution in [3.8, 4) is 0 Å². The van der Waals surface area contributed by atoms with Crippen molar-refractivity contribution >= 4 is 21.7 Å². The Morgan fingerprint density at radius 2 is 1.94 bits per heavy atom. The van der Waals surface area contributed by atoms with Crippen molar-refractivity contribution < 1.29 is 14.3 Å². The minimum absolute atomic E-state index is 0.0199. The van der Waals surface area contributed by atoms with Crippen molar-refractivity contribution in [1.82, 2.24) is 4.90 Å². The van der Waals surface area contributed by atoms with Crippen LogP contribution in [0, 0.1) is 0 Å². The van der Waals surface area contributed by atoms with E-state index in [1.165, 1.54) is 0 Å². The number of carbonyl (C=O) groups excluding carboxylic acids is 1. The number of hydrogen-bond donors (Lipinski definition) is 0. The van der Waals surface area contributed by atoms with Crippen LogP contribution in [-0.4, -0.2) is 49.2 Å². The molecule has 0 aliphatic carbocycles. The van der Waals surface area contributed by atoms with Crippen LogP contribution < -0.4 is 0 Å². The van der Waals surface area contributed by atoms with E-state index in [1.807, 2.05) is 12.2 Å². The number of fused-ring (bicyclic) bond motifs is 2. The summed E-state index contributed by atoms with van der Waals surface area (Å²) in [6, 6.07) is 0. The van der Waals surface area contributed by atoms with Crippen molar-refractivity contribution in [2.75, 3.05) is 26.3 Å². The fourth-order valence-corrected chi connectivity index (χ4v) is 2.96. The predicted octanol–water partition coefficient (Wildman–Crippen LogP) is 0.831. The molecule has 0 aromatic rings. The van der Waals surface area contributed by atoms with Gasteiger partial charge < -0.3 is 14.4 Å². The highest BCUT2D eigenvalue weighted by Gasteiger charge is 2.39. The largest absolute Gasteiger partial charge is 0.378 e. The third-order valence-electron chi connectivity index (χ3n) is 3.07. The van der Waals surface area contributed by atoms with E-state index in [2.05, 4.69) is 20.8 Å². The van der Waals surface area contributed by atoms with Gasteiger partial charge in [-0.2, -0.15) is 0 Å². The third-order valence-corrected chi connectivity index (χ3v) is 3.87. The Hall–Kier alpha value is -0.650.